The molecule has 1 aromatic heterocycles. The van der Waals surface area contributed by atoms with Crippen molar-refractivity contribution in [2.75, 3.05) is 48.8 Å². The molecule has 9 heteroatoms. The lowest BCUT2D eigenvalue weighted by atomic mass is 9.96. The highest BCUT2D eigenvalue weighted by Crippen LogP contribution is 2.39. The van der Waals surface area contributed by atoms with Gasteiger partial charge in [0.1, 0.15) is 5.75 Å². The number of aromatic hydroxyl groups is 1. The number of nitrogens with zero attached hydrogens (tertiary/aromatic N) is 5. The first-order valence-electron chi connectivity index (χ1n) is 13.8. The number of benzene rings is 2. The maximum atomic E-state index is 11.9. The van der Waals surface area contributed by atoms with Gasteiger partial charge in [-0.3, -0.25) is 9.69 Å². The zero-order chi connectivity index (χ0) is 26.9. The molecule has 0 spiro atoms. The van der Waals surface area contributed by atoms with E-state index in [4.69, 9.17) is 10.5 Å². The van der Waals surface area contributed by atoms with Gasteiger partial charge in [0.15, 0.2) is 5.82 Å². The van der Waals surface area contributed by atoms with E-state index in [1.165, 1.54) is 18.4 Å². The zero-order valence-electron chi connectivity index (χ0n) is 22.4. The van der Waals surface area contributed by atoms with Crippen molar-refractivity contribution < 1.29 is 14.6 Å². The number of likely N-dealkylation sites (tertiary alicyclic amines) is 1. The van der Waals surface area contributed by atoms with Crippen molar-refractivity contribution in [1.29, 1.82) is 0 Å². The molecule has 3 aliphatic heterocycles. The zero-order valence-corrected chi connectivity index (χ0v) is 22.4. The number of anilines is 3. The number of carbonyl (C=O) groups is 1. The number of carbonyl (C=O) groups excluding carboxylic acids is 1. The molecule has 39 heavy (non-hydrogen) atoms. The summed E-state index contributed by atoms with van der Waals surface area (Å²) < 4.78 is 4.94. The molecule has 0 amide bonds. The molecule has 3 N–H and O–H groups in total. The molecule has 3 fully saturated rings. The second kappa shape index (κ2) is 10.7. The number of nitrogen functional groups attached to an aromatic ring is 1. The topological polar surface area (TPSA) is 108 Å². The summed E-state index contributed by atoms with van der Waals surface area (Å²) in [6.07, 6.45) is 3.99. The van der Waals surface area contributed by atoms with E-state index in [1.54, 1.807) is 12.1 Å². The number of para-hydroxylation sites is 1. The Kier molecular flexibility index (Phi) is 6.99. The van der Waals surface area contributed by atoms with Crippen LogP contribution in [0.5, 0.6) is 5.75 Å². The number of phenolic OH excluding ortho intramolecular Hbond substituents is 1. The van der Waals surface area contributed by atoms with Gasteiger partial charge in [-0.25, -0.2) is 0 Å². The Morgan fingerprint density at radius 3 is 2.46 bits per heavy atom. The average molecular weight is 529 g/mol. The van der Waals surface area contributed by atoms with Crippen LogP contribution in [0, 0.1) is 5.92 Å². The molecule has 3 aromatic rings. The third-order valence-electron chi connectivity index (χ3n) is 8.54. The number of methoxy groups -OCH3 is 1. The Hall–Kier alpha value is -3.85. The number of piperazine rings is 1. The first kappa shape index (κ1) is 25.4. The van der Waals surface area contributed by atoms with Crippen molar-refractivity contribution in [1.82, 2.24) is 15.1 Å². The molecule has 0 radical (unpaired) electrons. The number of piperidine rings is 1. The van der Waals surface area contributed by atoms with E-state index >= 15 is 0 Å². The normalized spacial score (nSPS) is 21.8. The minimum atomic E-state index is -0.0787. The van der Waals surface area contributed by atoms with Crippen LogP contribution < -0.4 is 15.5 Å². The SMILES string of the molecule is COC(=O)C1CCN(Cc2cccc(N3C4CCC3CN(c3cc(-c5ccccc5O)nnc3N)C4)c2)CC1. The van der Waals surface area contributed by atoms with Crippen molar-refractivity contribution in [2.24, 2.45) is 5.92 Å². The first-order valence-corrected chi connectivity index (χ1v) is 13.8. The van der Waals surface area contributed by atoms with Crippen molar-refractivity contribution in [3.05, 3.63) is 60.2 Å². The van der Waals surface area contributed by atoms with Gasteiger partial charge in [0.2, 0.25) is 0 Å². The number of ether oxygens (including phenoxy) is 1. The van der Waals surface area contributed by atoms with Crippen LogP contribution in [-0.4, -0.2) is 71.5 Å². The van der Waals surface area contributed by atoms with Gasteiger partial charge < -0.3 is 25.4 Å². The number of esters is 1. The Labute approximate surface area is 229 Å². The van der Waals surface area contributed by atoms with Crippen LogP contribution in [0.15, 0.2) is 54.6 Å². The highest BCUT2D eigenvalue weighted by atomic mass is 16.5. The van der Waals surface area contributed by atoms with Gasteiger partial charge in [-0.15, -0.1) is 10.2 Å². The molecular formula is C30H36N6O3. The van der Waals surface area contributed by atoms with Gasteiger partial charge in [0.05, 0.1) is 24.4 Å². The van der Waals surface area contributed by atoms with Gasteiger partial charge in [0, 0.05) is 43.0 Å². The summed E-state index contributed by atoms with van der Waals surface area (Å²) in [5, 5.41) is 18.8. The van der Waals surface area contributed by atoms with E-state index in [1.807, 2.05) is 18.2 Å². The fraction of sp³-hybridized carbons (Fsp3) is 0.433. The Balaban J connectivity index is 1.15. The maximum absolute atomic E-state index is 11.9. The lowest BCUT2D eigenvalue weighted by molar-refractivity contribution is -0.147. The smallest absolute Gasteiger partial charge is 0.308 e. The molecule has 0 aliphatic carbocycles. The molecule has 0 saturated carbocycles. The fourth-order valence-electron chi connectivity index (χ4n) is 6.55. The van der Waals surface area contributed by atoms with Crippen LogP contribution in [-0.2, 0) is 16.1 Å². The van der Waals surface area contributed by atoms with Crippen LogP contribution in [0.25, 0.3) is 11.3 Å². The summed E-state index contributed by atoms with van der Waals surface area (Å²) in [5.41, 5.74) is 11.0. The summed E-state index contributed by atoms with van der Waals surface area (Å²) in [6, 6.07) is 18.8. The van der Waals surface area contributed by atoms with Gasteiger partial charge in [-0.05, 0) is 74.7 Å². The van der Waals surface area contributed by atoms with Gasteiger partial charge in [-0.1, -0.05) is 24.3 Å². The molecule has 9 nitrogen and oxygen atoms in total. The quantitative estimate of drug-likeness (QED) is 0.463. The van der Waals surface area contributed by atoms with Crippen molar-refractivity contribution in [2.45, 2.75) is 44.3 Å². The summed E-state index contributed by atoms with van der Waals surface area (Å²) in [6.45, 7) is 4.44. The number of aromatic nitrogens is 2. The Bertz CT molecular complexity index is 1330. The number of fused-ring (bicyclic) bond motifs is 2. The maximum Gasteiger partial charge on any atom is 0.308 e. The minimum Gasteiger partial charge on any atom is -0.507 e. The van der Waals surface area contributed by atoms with Gasteiger partial charge in [0.25, 0.3) is 0 Å². The molecule has 3 saturated heterocycles. The van der Waals surface area contributed by atoms with E-state index in [2.05, 4.69) is 49.2 Å². The van der Waals surface area contributed by atoms with Crippen LogP contribution in [0.4, 0.5) is 17.2 Å². The summed E-state index contributed by atoms with van der Waals surface area (Å²) in [5.74, 6) is 0.550. The standard InChI is InChI=1S/C30H36N6O3/c1-39-30(38)21-11-13-34(14-12-21)17-20-5-4-6-22(15-20)36-23-9-10-24(36)19-35(18-23)27-16-26(32-33-29(27)31)25-7-2-3-8-28(25)37/h2-8,15-16,21,23-24,37H,9-14,17-19H2,1H3,(H2,31,33). The monoisotopic (exact) mass is 528 g/mol. The van der Waals surface area contributed by atoms with E-state index in [0.717, 1.165) is 64.1 Å². The van der Waals surface area contributed by atoms with Crippen LogP contribution >= 0.6 is 0 Å². The molecule has 2 aromatic carbocycles. The van der Waals surface area contributed by atoms with Crippen LogP contribution in [0.2, 0.25) is 0 Å². The predicted molar refractivity (Wildman–Crippen MR) is 152 cm³/mol. The number of rotatable bonds is 6. The van der Waals surface area contributed by atoms with Gasteiger partial charge in [-0.2, -0.15) is 0 Å². The Morgan fingerprint density at radius 1 is 1.00 bits per heavy atom. The second-order valence-corrected chi connectivity index (χ2v) is 11.0. The summed E-state index contributed by atoms with van der Waals surface area (Å²) in [4.78, 5) is 19.2. The summed E-state index contributed by atoms with van der Waals surface area (Å²) >= 11 is 0. The van der Waals surface area contributed by atoms with E-state index < -0.39 is 0 Å². The lowest BCUT2D eigenvalue weighted by Crippen LogP contribution is -2.54. The fourth-order valence-corrected chi connectivity index (χ4v) is 6.55. The Morgan fingerprint density at radius 2 is 1.74 bits per heavy atom. The molecule has 4 heterocycles. The van der Waals surface area contributed by atoms with Crippen LogP contribution in [0.3, 0.4) is 0 Å². The summed E-state index contributed by atoms with van der Waals surface area (Å²) in [7, 11) is 1.48. The average Bonchev–Trinajstić information content (AvgIpc) is 3.23. The number of phenols is 1. The van der Waals surface area contributed by atoms with Crippen LogP contribution in [0.1, 0.15) is 31.2 Å². The molecule has 3 aliphatic rings. The first-order chi connectivity index (χ1) is 19.0. The van der Waals surface area contributed by atoms with Crippen molar-refractivity contribution in [3.8, 4) is 17.0 Å². The largest absolute Gasteiger partial charge is 0.507 e. The minimum absolute atomic E-state index is 0.0311. The molecule has 2 atom stereocenters. The third-order valence-corrected chi connectivity index (χ3v) is 8.54. The van der Waals surface area contributed by atoms with E-state index in [0.29, 0.717) is 29.2 Å². The van der Waals surface area contributed by atoms with Crippen molar-refractivity contribution >= 4 is 23.2 Å². The molecule has 204 valence electrons. The number of nitrogens with two attached hydrogens (primary N) is 1. The third kappa shape index (κ3) is 5.11. The number of hydrogen-bond donors (Lipinski definition) is 2. The number of hydrogen-bond acceptors (Lipinski definition) is 9. The second-order valence-electron chi connectivity index (χ2n) is 11.0. The molecular weight excluding hydrogens is 492 g/mol. The highest BCUT2D eigenvalue weighted by molar-refractivity contribution is 5.74. The van der Waals surface area contributed by atoms with Gasteiger partial charge >= 0.3 is 5.97 Å². The van der Waals surface area contributed by atoms with E-state index in [9.17, 15) is 9.90 Å². The molecule has 2 unspecified atom stereocenters. The van der Waals surface area contributed by atoms with E-state index in [-0.39, 0.29) is 17.6 Å². The highest BCUT2D eigenvalue weighted by Gasteiger charge is 2.40. The lowest BCUT2D eigenvalue weighted by Gasteiger charge is -2.43. The molecule has 6 rings (SSSR count). The van der Waals surface area contributed by atoms with Crippen molar-refractivity contribution in [3.63, 3.8) is 0 Å². The predicted octanol–water partition coefficient (Wildman–Crippen LogP) is 3.67. The molecule has 2 bridgehead atoms.